The molecule has 1 saturated carbocycles. The molecule has 3 aromatic heterocycles. The maximum atomic E-state index is 12.3. The van der Waals surface area contributed by atoms with E-state index in [4.69, 9.17) is 9.82 Å². The first-order valence-corrected chi connectivity index (χ1v) is 11.3. The number of hydrogen-bond acceptors (Lipinski definition) is 7. The first-order valence-electron chi connectivity index (χ1n) is 10.5. The Morgan fingerprint density at radius 2 is 1.97 bits per heavy atom. The van der Waals surface area contributed by atoms with Crippen molar-refractivity contribution in [3.63, 3.8) is 0 Å². The third-order valence-corrected chi connectivity index (χ3v) is 6.89. The number of aryl methyl sites for hydroxylation is 1. The second kappa shape index (κ2) is 9.53. The van der Waals surface area contributed by atoms with Crippen LogP contribution in [0.3, 0.4) is 0 Å². The van der Waals surface area contributed by atoms with Gasteiger partial charge in [-0.15, -0.1) is 11.3 Å². The second-order valence-corrected chi connectivity index (χ2v) is 8.94. The summed E-state index contributed by atoms with van der Waals surface area (Å²) in [5.74, 6) is 2.04. The fraction of sp³-hybridized carbons (Fsp3) is 0.391. The summed E-state index contributed by atoms with van der Waals surface area (Å²) in [6.45, 7) is 2.04. The molecule has 3 heterocycles. The van der Waals surface area contributed by atoms with Gasteiger partial charge < -0.3 is 5.32 Å². The van der Waals surface area contributed by atoms with Gasteiger partial charge in [0.15, 0.2) is 0 Å². The molecule has 0 spiro atoms. The maximum Gasteiger partial charge on any atom is 0.248 e. The molecular formula is C23H27N5O2S. The molecule has 1 aliphatic rings. The highest BCUT2D eigenvalue weighted by Crippen LogP contribution is 2.39. The summed E-state index contributed by atoms with van der Waals surface area (Å²) in [4.78, 5) is 32.2. The van der Waals surface area contributed by atoms with Crippen LogP contribution >= 0.6 is 11.3 Å². The predicted octanol–water partition coefficient (Wildman–Crippen LogP) is 4.95. The van der Waals surface area contributed by atoms with Gasteiger partial charge in [0.25, 0.3) is 0 Å². The third-order valence-electron chi connectivity index (χ3n) is 5.71. The number of hydroxylamine groups is 2. The number of carbonyl (C=O) groups is 1. The Labute approximate surface area is 186 Å². The summed E-state index contributed by atoms with van der Waals surface area (Å²) in [5.41, 5.74) is 2.04. The van der Waals surface area contributed by atoms with Crippen LogP contribution in [0.1, 0.15) is 42.2 Å². The van der Waals surface area contributed by atoms with Gasteiger partial charge in [-0.1, -0.05) is 6.07 Å². The molecule has 4 rings (SSSR count). The molecule has 0 unspecified atom stereocenters. The quantitative estimate of drug-likeness (QED) is 0.550. The van der Waals surface area contributed by atoms with Crippen molar-refractivity contribution in [2.75, 3.05) is 19.5 Å². The van der Waals surface area contributed by atoms with E-state index in [1.54, 1.807) is 24.6 Å². The van der Waals surface area contributed by atoms with Gasteiger partial charge in [-0.3, -0.25) is 9.63 Å². The van der Waals surface area contributed by atoms with Crippen LogP contribution in [0.15, 0.2) is 42.7 Å². The van der Waals surface area contributed by atoms with Crippen molar-refractivity contribution >= 4 is 28.9 Å². The van der Waals surface area contributed by atoms with Crippen molar-refractivity contribution in [3.05, 3.63) is 53.3 Å². The minimum atomic E-state index is 0.0419. The van der Waals surface area contributed by atoms with E-state index >= 15 is 0 Å². The van der Waals surface area contributed by atoms with Crippen LogP contribution in [0.2, 0.25) is 0 Å². The van der Waals surface area contributed by atoms with Gasteiger partial charge in [0.05, 0.1) is 22.7 Å². The lowest BCUT2D eigenvalue weighted by atomic mass is 9.82. The molecule has 31 heavy (non-hydrogen) atoms. The molecule has 1 N–H and O–H groups in total. The van der Waals surface area contributed by atoms with Gasteiger partial charge in [0.2, 0.25) is 5.91 Å². The van der Waals surface area contributed by atoms with Gasteiger partial charge in [-0.05, 0) is 62.4 Å². The normalized spacial score (nSPS) is 18.5. The molecule has 0 radical (unpaired) electrons. The van der Waals surface area contributed by atoms with Crippen molar-refractivity contribution in [3.8, 4) is 10.6 Å². The van der Waals surface area contributed by atoms with Crippen molar-refractivity contribution in [1.82, 2.24) is 20.0 Å². The molecule has 1 aliphatic carbocycles. The number of aromatic nitrogens is 3. The second-order valence-electron chi connectivity index (χ2n) is 7.88. The van der Waals surface area contributed by atoms with Gasteiger partial charge in [-0.25, -0.2) is 20.0 Å². The van der Waals surface area contributed by atoms with Crippen LogP contribution in [-0.2, 0) is 9.63 Å². The lowest BCUT2D eigenvalue weighted by Gasteiger charge is -2.28. The molecule has 0 saturated heterocycles. The summed E-state index contributed by atoms with van der Waals surface area (Å²) in [6, 6.07) is 9.88. The number of nitrogens with one attached hydrogen (secondary N) is 1. The van der Waals surface area contributed by atoms with Crippen LogP contribution in [0, 0.1) is 12.8 Å². The lowest BCUT2D eigenvalue weighted by Crippen LogP contribution is -2.34. The molecule has 0 aromatic carbocycles. The van der Waals surface area contributed by atoms with Crippen LogP contribution < -0.4 is 5.32 Å². The zero-order valence-electron chi connectivity index (χ0n) is 18.0. The standard InChI is InChI=1S/C23H27N5O2S/c1-15-11-12-24-21(13-15)27-20-6-4-5-18(26-20)19-14-25-22(31-19)16-7-9-17(10-8-16)23(29)28(2)30-3/h4-6,11-14,16-17H,7-10H2,1-3H3,(H,24,26,27)/t16-,17-. The highest BCUT2D eigenvalue weighted by molar-refractivity contribution is 7.15. The molecule has 162 valence electrons. The highest BCUT2D eigenvalue weighted by Gasteiger charge is 2.30. The molecule has 1 fully saturated rings. The number of anilines is 2. The number of rotatable bonds is 6. The minimum Gasteiger partial charge on any atom is -0.325 e. The van der Waals surface area contributed by atoms with E-state index in [-0.39, 0.29) is 11.8 Å². The first-order chi connectivity index (χ1) is 15.0. The van der Waals surface area contributed by atoms with Crippen molar-refractivity contribution in [1.29, 1.82) is 0 Å². The van der Waals surface area contributed by atoms with Crippen LogP contribution in [0.4, 0.5) is 11.6 Å². The highest BCUT2D eigenvalue weighted by atomic mass is 32.1. The van der Waals surface area contributed by atoms with Gasteiger partial charge in [-0.2, -0.15) is 0 Å². The Morgan fingerprint density at radius 1 is 1.16 bits per heavy atom. The SMILES string of the molecule is CON(C)C(=O)[C@H]1CC[C@H](c2ncc(-c3cccc(Nc4cc(C)ccn4)n3)s2)CC1. The van der Waals surface area contributed by atoms with E-state index in [1.165, 1.54) is 12.2 Å². The van der Waals surface area contributed by atoms with E-state index in [2.05, 4.69) is 15.3 Å². The van der Waals surface area contributed by atoms with E-state index < -0.39 is 0 Å². The predicted molar refractivity (Wildman–Crippen MR) is 122 cm³/mol. The van der Waals surface area contributed by atoms with E-state index in [0.29, 0.717) is 5.92 Å². The maximum absolute atomic E-state index is 12.3. The summed E-state index contributed by atoms with van der Waals surface area (Å²) < 4.78 is 0. The van der Waals surface area contributed by atoms with Gasteiger partial charge in [0.1, 0.15) is 11.6 Å². The van der Waals surface area contributed by atoms with E-state index in [9.17, 15) is 4.79 Å². The number of thiazole rings is 1. The monoisotopic (exact) mass is 437 g/mol. The Morgan fingerprint density at radius 3 is 2.71 bits per heavy atom. The van der Waals surface area contributed by atoms with E-state index in [0.717, 1.165) is 58.5 Å². The summed E-state index contributed by atoms with van der Waals surface area (Å²) >= 11 is 1.69. The number of amides is 1. The molecule has 0 aliphatic heterocycles. The lowest BCUT2D eigenvalue weighted by molar-refractivity contribution is -0.174. The average molecular weight is 438 g/mol. The Kier molecular flexibility index (Phi) is 6.58. The Bertz CT molecular complexity index is 1050. The van der Waals surface area contributed by atoms with Crippen molar-refractivity contribution < 1.29 is 9.63 Å². The smallest absolute Gasteiger partial charge is 0.248 e. The summed E-state index contributed by atoms with van der Waals surface area (Å²) in [6.07, 6.45) is 7.37. The molecule has 3 aromatic rings. The minimum absolute atomic E-state index is 0.0419. The van der Waals surface area contributed by atoms with Crippen LogP contribution in [0.25, 0.3) is 10.6 Å². The van der Waals surface area contributed by atoms with E-state index in [1.807, 2.05) is 43.5 Å². The number of hydrogen-bond donors (Lipinski definition) is 1. The van der Waals surface area contributed by atoms with Crippen molar-refractivity contribution in [2.45, 2.75) is 38.5 Å². The molecule has 7 nitrogen and oxygen atoms in total. The topological polar surface area (TPSA) is 80.2 Å². The fourth-order valence-corrected chi connectivity index (χ4v) is 4.96. The zero-order chi connectivity index (χ0) is 21.8. The molecule has 0 bridgehead atoms. The zero-order valence-corrected chi connectivity index (χ0v) is 18.9. The molecular weight excluding hydrogens is 410 g/mol. The number of nitrogens with zero attached hydrogens (tertiary/aromatic N) is 4. The fourth-order valence-electron chi connectivity index (χ4n) is 3.91. The molecule has 0 atom stereocenters. The van der Waals surface area contributed by atoms with Crippen LogP contribution in [-0.4, -0.2) is 40.1 Å². The molecule has 1 amide bonds. The van der Waals surface area contributed by atoms with Crippen molar-refractivity contribution in [2.24, 2.45) is 5.92 Å². The first kappa shape index (κ1) is 21.4. The Hall–Kier alpha value is -2.84. The van der Waals surface area contributed by atoms with Gasteiger partial charge >= 0.3 is 0 Å². The average Bonchev–Trinajstić information content (AvgIpc) is 3.29. The molecule has 8 heteroatoms. The summed E-state index contributed by atoms with van der Waals surface area (Å²) in [7, 11) is 3.20. The van der Waals surface area contributed by atoms with Crippen LogP contribution in [0.5, 0.6) is 0 Å². The number of pyridine rings is 2. The van der Waals surface area contributed by atoms with Gasteiger partial charge in [0, 0.05) is 31.3 Å². The Balaban J connectivity index is 1.42. The third kappa shape index (κ3) is 5.08. The number of carbonyl (C=O) groups excluding carboxylic acids is 1. The summed E-state index contributed by atoms with van der Waals surface area (Å²) in [5, 5.41) is 5.74. The largest absolute Gasteiger partial charge is 0.325 e.